The molecule has 1 amide bonds. The van der Waals surface area contributed by atoms with Crippen molar-refractivity contribution in [2.45, 2.75) is 27.2 Å². The van der Waals surface area contributed by atoms with Gasteiger partial charge in [0, 0.05) is 23.8 Å². The molecule has 0 atom stereocenters. The van der Waals surface area contributed by atoms with E-state index in [1.54, 1.807) is 13.8 Å². The van der Waals surface area contributed by atoms with E-state index in [4.69, 9.17) is 5.11 Å². The van der Waals surface area contributed by atoms with E-state index in [1.807, 2.05) is 22.9 Å². The molecule has 2 N–H and O–H groups in total. The molecule has 2 heterocycles. The van der Waals surface area contributed by atoms with Crippen LogP contribution < -0.4 is 5.32 Å². The van der Waals surface area contributed by atoms with Gasteiger partial charge in [0.15, 0.2) is 4.96 Å². The predicted molar refractivity (Wildman–Crippen MR) is 75.9 cm³/mol. The van der Waals surface area contributed by atoms with Crippen molar-refractivity contribution in [2.24, 2.45) is 5.41 Å². The largest absolute Gasteiger partial charge is 0.481 e. The van der Waals surface area contributed by atoms with E-state index in [0.29, 0.717) is 0 Å². The van der Waals surface area contributed by atoms with E-state index < -0.39 is 11.4 Å². The van der Waals surface area contributed by atoms with Gasteiger partial charge in [-0.2, -0.15) is 0 Å². The van der Waals surface area contributed by atoms with Gasteiger partial charge in [0.1, 0.15) is 0 Å². The van der Waals surface area contributed by atoms with Crippen molar-refractivity contribution in [3.63, 3.8) is 0 Å². The average molecular weight is 295 g/mol. The van der Waals surface area contributed by atoms with Gasteiger partial charge in [0.05, 0.1) is 17.5 Å². The highest BCUT2D eigenvalue weighted by atomic mass is 32.1. The first-order chi connectivity index (χ1) is 9.29. The number of nitrogens with zero attached hydrogens (tertiary/aromatic N) is 2. The number of carboxylic acids is 1. The Morgan fingerprint density at radius 1 is 1.50 bits per heavy atom. The Bertz CT molecular complexity index is 657. The predicted octanol–water partition coefficient (Wildman–Crippen LogP) is 1.47. The zero-order valence-corrected chi connectivity index (χ0v) is 12.5. The van der Waals surface area contributed by atoms with Gasteiger partial charge in [-0.3, -0.25) is 14.0 Å². The fourth-order valence-corrected chi connectivity index (χ4v) is 2.61. The van der Waals surface area contributed by atoms with E-state index in [0.717, 1.165) is 16.3 Å². The Morgan fingerprint density at radius 3 is 2.85 bits per heavy atom. The number of rotatable bonds is 5. The van der Waals surface area contributed by atoms with Crippen LogP contribution in [-0.4, -0.2) is 32.9 Å². The SMILES string of the molecule is Cc1cn2c(CC(=O)NCC(C)(C)C(=O)O)csc2n1. The molecule has 0 aliphatic heterocycles. The molecule has 0 aliphatic rings. The van der Waals surface area contributed by atoms with Crippen molar-refractivity contribution in [2.75, 3.05) is 6.54 Å². The van der Waals surface area contributed by atoms with E-state index in [9.17, 15) is 9.59 Å². The molecule has 0 spiro atoms. The number of aliphatic carboxylic acids is 1. The summed E-state index contributed by atoms with van der Waals surface area (Å²) in [5.41, 5.74) is 0.798. The molecule has 2 aromatic heterocycles. The van der Waals surface area contributed by atoms with Gasteiger partial charge in [-0.05, 0) is 20.8 Å². The summed E-state index contributed by atoms with van der Waals surface area (Å²) in [5, 5.41) is 13.6. The normalized spacial score (nSPS) is 11.8. The third kappa shape index (κ3) is 2.98. The van der Waals surface area contributed by atoms with Gasteiger partial charge >= 0.3 is 5.97 Å². The molecule has 0 radical (unpaired) electrons. The van der Waals surface area contributed by atoms with Crippen LogP contribution in [0.4, 0.5) is 0 Å². The molecule has 0 fully saturated rings. The first kappa shape index (κ1) is 14.5. The number of hydrogen-bond acceptors (Lipinski definition) is 4. The van der Waals surface area contributed by atoms with E-state index in [2.05, 4.69) is 10.3 Å². The van der Waals surface area contributed by atoms with Crippen LogP contribution in [0.15, 0.2) is 11.6 Å². The quantitative estimate of drug-likeness (QED) is 0.875. The van der Waals surface area contributed by atoms with Crippen LogP contribution in [0.1, 0.15) is 25.2 Å². The number of aryl methyl sites for hydroxylation is 1. The number of carbonyl (C=O) groups is 2. The summed E-state index contributed by atoms with van der Waals surface area (Å²) in [5.74, 6) is -1.12. The van der Waals surface area contributed by atoms with Crippen molar-refractivity contribution >= 4 is 28.2 Å². The smallest absolute Gasteiger partial charge is 0.310 e. The number of carboxylic acid groups (broad SMARTS) is 1. The molecule has 0 unspecified atom stereocenters. The van der Waals surface area contributed by atoms with Crippen molar-refractivity contribution in [3.8, 4) is 0 Å². The van der Waals surface area contributed by atoms with Crippen LogP contribution >= 0.6 is 11.3 Å². The monoisotopic (exact) mass is 295 g/mol. The summed E-state index contributed by atoms with van der Waals surface area (Å²) in [7, 11) is 0. The molecule has 0 aromatic carbocycles. The van der Waals surface area contributed by atoms with Crippen LogP contribution in [0.25, 0.3) is 4.96 Å². The lowest BCUT2D eigenvalue weighted by molar-refractivity contribution is -0.146. The van der Waals surface area contributed by atoms with Gasteiger partial charge in [0.25, 0.3) is 0 Å². The summed E-state index contributed by atoms with van der Waals surface area (Å²) < 4.78 is 1.89. The summed E-state index contributed by atoms with van der Waals surface area (Å²) in [6.45, 7) is 5.17. The summed E-state index contributed by atoms with van der Waals surface area (Å²) in [6.07, 6.45) is 2.10. The van der Waals surface area contributed by atoms with Gasteiger partial charge in [-0.1, -0.05) is 0 Å². The van der Waals surface area contributed by atoms with Gasteiger partial charge in [0.2, 0.25) is 5.91 Å². The third-order valence-electron chi connectivity index (χ3n) is 3.05. The highest BCUT2D eigenvalue weighted by Crippen LogP contribution is 2.17. The van der Waals surface area contributed by atoms with Crippen molar-refractivity contribution in [3.05, 3.63) is 23.0 Å². The molecule has 0 aliphatic carbocycles. The number of thiazole rings is 1. The molecule has 0 bridgehead atoms. The number of amides is 1. The van der Waals surface area contributed by atoms with Crippen LogP contribution in [0, 0.1) is 12.3 Å². The van der Waals surface area contributed by atoms with Crippen LogP contribution in [0.5, 0.6) is 0 Å². The number of imidazole rings is 1. The molecule has 108 valence electrons. The molecule has 0 saturated heterocycles. The van der Waals surface area contributed by atoms with E-state index in [1.165, 1.54) is 11.3 Å². The second-order valence-electron chi connectivity index (χ2n) is 5.40. The number of aromatic nitrogens is 2. The zero-order chi connectivity index (χ0) is 14.9. The Kier molecular flexibility index (Phi) is 3.80. The minimum absolute atomic E-state index is 0.109. The second kappa shape index (κ2) is 5.24. The Labute approximate surface area is 120 Å². The fraction of sp³-hybridized carbons (Fsp3) is 0.462. The number of carbonyl (C=O) groups excluding carboxylic acids is 1. The molecular weight excluding hydrogens is 278 g/mol. The molecule has 2 rings (SSSR count). The summed E-state index contributed by atoms with van der Waals surface area (Å²) >= 11 is 1.48. The Morgan fingerprint density at radius 2 is 2.20 bits per heavy atom. The van der Waals surface area contributed by atoms with Crippen LogP contribution in [0.2, 0.25) is 0 Å². The molecule has 2 aromatic rings. The molecule has 6 nitrogen and oxygen atoms in total. The summed E-state index contributed by atoms with van der Waals surface area (Å²) in [6, 6.07) is 0. The lowest BCUT2D eigenvalue weighted by Gasteiger charge is -2.19. The summed E-state index contributed by atoms with van der Waals surface area (Å²) in [4.78, 5) is 28.0. The third-order valence-corrected chi connectivity index (χ3v) is 3.94. The maximum atomic E-state index is 11.9. The molecule has 20 heavy (non-hydrogen) atoms. The Balaban J connectivity index is 2.00. The van der Waals surface area contributed by atoms with Crippen molar-refractivity contribution in [1.82, 2.24) is 14.7 Å². The first-order valence-corrected chi connectivity index (χ1v) is 7.10. The topological polar surface area (TPSA) is 83.7 Å². The van der Waals surface area contributed by atoms with Gasteiger partial charge in [-0.15, -0.1) is 11.3 Å². The molecular formula is C13H17N3O3S. The molecule has 7 heteroatoms. The minimum Gasteiger partial charge on any atom is -0.481 e. The molecule has 0 saturated carbocycles. The number of fused-ring (bicyclic) bond motifs is 1. The van der Waals surface area contributed by atoms with Gasteiger partial charge < -0.3 is 10.4 Å². The number of hydrogen-bond donors (Lipinski definition) is 2. The fourth-order valence-electron chi connectivity index (χ4n) is 1.69. The number of nitrogens with one attached hydrogen (secondary N) is 1. The lowest BCUT2D eigenvalue weighted by atomic mass is 9.94. The lowest BCUT2D eigenvalue weighted by Crippen LogP contribution is -2.39. The van der Waals surface area contributed by atoms with E-state index in [-0.39, 0.29) is 18.9 Å². The maximum absolute atomic E-state index is 11.9. The maximum Gasteiger partial charge on any atom is 0.310 e. The van der Waals surface area contributed by atoms with Crippen LogP contribution in [-0.2, 0) is 16.0 Å². The van der Waals surface area contributed by atoms with Crippen molar-refractivity contribution in [1.29, 1.82) is 0 Å². The van der Waals surface area contributed by atoms with Crippen LogP contribution in [0.3, 0.4) is 0 Å². The first-order valence-electron chi connectivity index (χ1n) is 6.22. The zero-order valence-electron chi connectivity index (χ0n) is 11.6. The Hall–Kier alpha value is -1.89. The highest BCUT2D eigenvalue weighted by molar-refractivity contribution is 7.15. The average Bonchev–Trinajstić information content (AvgIpc) is 2.87. The van der Waals surface area contributed by atoms with E-state index >= 15 is 0 Å². The standard InChI is InChI=1S/C13H17N3O3S/c1-8-5-16-9(6-20-12(16)15-8)4-10(17)14-7-13(2,3)11(18)19/h5-6H,4,7H2,1-3H3,(H,14,17)(H,18,19). The second-order valence-corrected chi connectivity index (χ2v) is 6.24. The highest BCUT2D eigenvalue weighted by Gasteiger charge is 2.27. The van der Waals surface area contributed by atoms with Crippen molar-refractivity contribution < 1.29 is 14.7 Å². The van der Waals surface area contributed by atoms with Gasteiger partial charge in [-0.25, -0.2) is 4.98 Å². The minimum atomic E-state index is -0.967.